The Bertz CT molecular complexity index is 916. The molecule has 2 aromatic rings. The molecule has 1 aromatic heterocycles. The maximum Gasteiger partial charge on any atom is 0.339 e. The van der Waals surface area contributed by atoms with Crippen LogP contribution in [0, 0.1) is 6.92 Å². The molecule has 1 saturated heterocycles. The Labute approximate surface area is 190 Å². The van der Waals surface area contributed by atoms with E-state index >= 15 is 0 Å². The van der Waals surface area contributed by atoms with Gasteiger partial charge in [-0.05, 0) is 57.1 Å². The van der Waals surface area contributed by atoms with Crippen molar-refractivity contribution in [2.75, 3.05) is 24.5 Å². The summed E-state index contributed by atoms with van der Waals surface area (Å²) in [5.41, 5.74) is 2.56. The molecule has 1 N–H and O–H groups in total. The number of hydrogen-bond acceptors (Lipinski definition) is 6. The topological polar surface area (TPSA) is 88.6 Å². The summed E-state index contributed by atoms with van der Waals surface area (Å²) >= 11 is 0. The second kappa shape index (κ2) is 11.5. The van der Waals surface area contributed by atoms with Crippen LogP contribution in [0.2, 0.25) is 0 Å². The standard InChI is InChI=1S/C20H25N3O4S.2ClH/c1-15-3-7-18(8-4-15)23(28(25,26)19-9-11-21-12-10-19)14-17-6-5-16(13-22-17)20(24)27-2;;/h3-8,13,19,21H,9-12,14H2,1-2H3;2*1H. The number of aryl methyl sites for hydroxylation is 1. The summed E-state index contributed by atoms with van der Waals surface area (Å²) in [6.07, 6.45) is 2.57. The van der Waals surface area contributed by atoms with E-state index in [2.05, 4.69) is 15.0 Å². The minimum Gasteiger partial charge on any atom is -0.465 e. The van der Waals surface area contributed by atoms with Gasteiger partial charge in [0.2, 0.25) is 10.0 Å². The Balaban J connectivity index is 0.00000225. The second-order valence-electron chi connectivity index (χ2n) is 6.87. The molecule has 0 amide bonds. The highest BCUT2D eigenvalue weighted by Crippen LogP contribution is 2.27. The molecule has 7 nitrogen and oxygen atoms in total. The Hall–Kier alpha value is -1.87. The summed E-state index contributed by atoms with van der Waals surface area (Å²) in [6, 6.07) is 10.7. The van der Waals surface area contributed by atoms with Crippen LogP contribution in [0.1, 0.15) is 34.5 Å². The molecular formula is C20H27Cl2N3O4S. The first kappa shape index (κ1) is 26.2. The number of benzene rings is 1. The minimum atomic E-state index is -3.56. The van der Waals surface area contributed by atoms with Crippen LogP contribution in [0.5, 0.6) is 0 Å². The minimum absolute atomic E-state index is 0. The van der Waals surface area contributed by atoms with E-state index in [1.54, 1.807) is 12.1 Å². The Morgan fingerprint density at radius 3 is 2.30 bits per heavy atom. The van der Waals surface area contributed by atoms with Gasteiger partial charge in [-0.1, -0.05) is 17.7 Å². The van der Waals surface area contributed by atoms with Gasteiger partial charge in [0, 0.05) is 6.20 Å². The van der Waals surface area contributed by atoms with Crippen LogP contribution in [-0.4, -0.2) is 44.8 Å². The van der Waals surface area contributed by atoms with Crippen molar-refractivity contribution in [3.05, 3.63) is 59.4 Å². The first-order valence-electron chi connectivity index (χ1n) is 9.24. The quantitative estimate of drug-likeness (QED) is 0.645. The van der Waals surface area contributed by atoms with E-state index in [1.807, 2.05) is 31.2 Å². The number of piperidine rings is 1. The maximum atomic E-state index is 13.4. The molecule has 0 aliphatic carbocycles. The number of nitrogens with one attached hydrogen (secondary N) is 1. The third-order valence-electron chi connectivity index (χ3n) is 4.89. The van der Waals surface area contributed by atoms with Crippen LogP contribution >= 0.6 is 24.8 Å². The number of hydrogen-bond donors (Lipinski definition) is 1. The van der Waals surface area contributed by atoms with Crippen LogP contribution < -0.4 is 9.62 Å². The molecule has 1 aliphatic heterocycles. The van der Waals surface area contributed by atoms with Gasteiger partial charge in [-0.15, -0.1) is 24.8 Å². The van der Waals surface area contributed by atoms with Gasteiger partial charge in [0.15, 0.2) is 0 Å². The van der Waals surface area contributed by atoms with Crippen LogP contribution in [0.15, 0.2) is 42.6 Å². The number of halogens is 2. The van der Waals surface area contributed by atoms with Crippen LogP contribution in [-0.2, 0) is 21.3 Å². The Morgan fingerprint density at radius 1 is 1.13 bits per heavy atom. The van der Waals surface area contributed by atoms with E-state index in [1.165, 1.54) is 17.6 Å². The van der Waals surface area contributed by atoms with Crippen LogP contribution in [0.4, 0.5) is 5.69 Å². The normalized spacial score (nSPS) is 14.2. The lowest BCUT2D eigenvalue weighted by atomic mass is 10.2. The second-order valence-corrected chi connectivity index (χ2v) is 9.00. The van der Waals surface area contributed by atoms with Crippen molar-refractivity contribution < 1.29 is 17.9 Å². The summed E-state index contributed by atoms with van der Waals surface area (Å²) in [5, 5.41) is 2.78. The summed E-state index contributed by atoms with van der Waals surface area (Å²) in [4.78, 5) is 15.9. The highest BCUT2D eigenvalue weighted by Gasteiger charge is 2.33. The number of esters is 1. The molecule has 0 atom stereocenters. The SMILES string of the molecule is COC(=O)c1ccc(CN(c2ccc(C)cc2)S(=O)(=O)C2CCNCC2)nc1.Cl.Cl. The predicted octanol–water partition coefficient (Wildman–Crippen LogP) is 3.11. The van der Waals surface area contributed by atoms with Crippen LogP contribution in [0.3, 0.4) is 0 Å². The third-order valence-corrected chi connectivity index (χ3v) is 7.16. The number of methoxy groups -OCH3 is 1. The maximum absolute atomic E-state index is 13.4. The molecule has 0 spiro atoms. The van der Waals surface area contributed by atoms with E-state index in [4.69, 9.17) is 0 Å². The highest BCUT2D eigenvalue weighted by atomic mass is 35.5. The lowest BCUT2D eigenvalue weighted by Crippen LogP contribution is -2.44. The first-order chi connectivity index (χ1) is 13.4. The van der Waals surface area contributed by atoms with Crippen molar-refractivity contribution >= 4 is 46.5 Å². The smallest absolute Gasteiger partial charge is 0.339 e. The average Bonchev–Trinajstić information content (AvgIpc) is 2.73. The van der Waals surface area contributed by atoms with E-state index in [-0.39, 0.29) is 31.4 Å². The Morgan fingerprint density at radius 2 is 1.77 bits per heavy atom. The molecule has 30 heavy (non-hydrogen) atoms. The molecule has 1 aliphatic rings. The zero-order valence-corrected chi connectivity index (χ0v) is 19.4. The number of ether oxygens (including phenoxy) is 1. The van der Waals surface area contributed by atoms with Crippen molar-refractivity contribution in [2.24, 2.45) is 0 Å². The van der Waals surface area contributed by atoms with Gasteiger partial charge in [0.05, 0.1) is 35.8 Å². The van der Waals surface area contributed by atoms with Gasteiger partial charge in [0.25, 0.3) is 0 Å². The molecule has 1 fully saturated rings. The highest BCUT2D eigenvalue weighted by molar-refractivity contribution is 7.93. The molecule has 0 bridgehead atoms. The molecule has 0 saturated carbocycles. The summed E-state index contributed by atoms with van der Waals surface area (Å²) in [6.45, 7) is 3.45. The number of carbonyl (C=O) groups is 1. The monoisotopic (exact) mass is 475 g/mol. The summed E-state index contributed by atoms with van der Waals surface area (Å²) in [5.74, 6) is -0.475. The van der Waals surface area contributed by atoms with Gasteiger partial charge in [-0.2, -0.15) is 0 Å². The van der Waals surface area contributed by atoms with Crippen molar-refractivity contribution in [3.8, 4) is 0 Å². The largest absolute Gasteiger partial charge is 0.465 e. The Kier molecular flexibility index (Phi) is 10.0. The number of pyridine rings is 1. The number of nitrogens with zero attached hydrogens (tertiary/aromatic N) is 2. The molecule has 2 heterocycles. The van der Waals surface area contributed by atoms with E-state index < -0.39 is 21.2 Å². The van der Waals surface area contributed by atoms with Gasteiger partial charge in [-0.25, -0.2) is 13.2 Å². The van der Waals surface area contributed by atoms with Gasteiger partial charge in [-0.3, -0.25) is 9.29 Å². The third kappa shape index (κ3) is 6.07. The van der Waals surface area contributed by atoms with E-state index in [0.717, 1.165) is 5.56 Å². The number of sulfonamides is 1. The van der Waals surface area contributed by atoms with Gasteiger partial charge in [0.1, 0.15) is 0 Å². The fourth-order valence-electron chi connectivity index (χ4n) is 3.22. The van der Waals surface area contributed by atoms with Crippen molar-refractivity contribution in [3.63, 3.8) is 0 Å². The van der Waals surface area contributed by atoms with Gasteiger partial charge >= 0.3 is 5.97 Å². The zero-order valence-electron chi connectivity index (χ0n) is 16.9. The predicted molar refractivity (Wildman–Crippen MR) is 122 cm³/mol. The lowest BCUT2D eigenvalue weighted by Gasteiger charge is -2.31. The van der Waals surface area contributed by atoms with E-state index in [9.17, 15) is 13.2 Å². The first-order valence-corrected chi connectivity index (χ1v) is 10.7. The molecule has 10 heteroatoms. The number of anilines is 1. The van der Waals surface area contributed by atoms with Crippen LogP contribution in [0.25, 0.3) is 0 Å². The number of aromatic nitrogens is 1. The fraction of sp³-hybridized carbons (Fsp3) is 0.400. The summed E-state index contributed by atoms with van der Waals surface area (Å²) < 4.78 is 32.9. The number of carbonyl (C=O) groups excluding carboxylic acids is 1. The molecule has 3 rings (SSSR count). The zero-order chi connectivity index (χ0) is 20.1. The molecular weight excluding hydrogens is 449 g/mol. The lowest BCUT2D eigenvalue weighted by molar-refractivity contribution is 0.0600. The molecule has 0 unspecified atom stereocenters. The van der Waals surface area contributed by atoms with Crippen molar-refractivity contribution in [1.29, 1.82) is 0 Å². The molecule has 1 aromatic carbocycles. The van der Waals surface area contributed by atoms with E-state index in [0.29, 0.717) is 42.9 Å². The average molecular weight is 476 g/mol. The summed E-state index contributed by atoms with van der Waals surface area (Å²) in [7, 11) is -2.25. The van der Waals surface area contributed by atoms with Gasteiger partial charge < -0.3 is 10.1 Å². The van der Waals surface area contributed by atoms with Crippen molar-refractivity contribution in [2.45, 2.75) is 31.6 Å². The molecule has 166 valence electrons. The fourth-order valence-corrected chi connectivity index (χ4v) is 5.14. The van der Waals surface area contributed by atoms with Crippen molar-refractivity contribution in [1.82, 2.24) is 10.3 Å². The number of rotatable bonds is 6. The molecule has 0 radical (unpaired) electrons.